The Hall–Kier alpha value is -1.17. The van der Waals surface area contributed by atoms with Crippen LogP contribution in [0.1, 0.15) is 25.8 Å². The molecule has 2 heterocycles. The molecular weight excluding hydrogens is 295 g/mol. The second-order valence-corrected chi connectivity index (χ2v) is 6.33. The van der Waals surface area contributed by atoms with Crippen molar-refractivity contribution in [1.82, 2.24) is 9.80 Å². The molecule has 0 N–H and O–H groups in total. The van der Waals surface area contributed by atoms with E-state index in [2.05, 4.69) is 16.7 Å². The van der Waals surface area contributed by atoms with Gasteiger partial charge in [0.25, 0.3) is 0 Å². The summed E-state index contributed by atoms with van der Waals surface area (Å²) in [6, 6.07) is 5.73. The van der Waals surface area contributed by atoms with Gasteiger partial charge in [0, 0.05) is 32.2 Å². The molecule has 0 amide bonds. The molecule has 0 spiro atoms. The third-order valence-electron chi connectivity index (χ3n) is 4.91. The maximum absolute atomic E-state index is 14.1. The van der Waals surface area contributed by atoms with E-state index in [1.54, 1.807) is 12.1 Å². The molecule has 2 fully saturated rings. The lowest BCUT2D eigenvalue weighted by molar-refractivity contribution is -0.105. The molecule has 0 aliphatic carbocycles. The maximum atomic E-state index is 14.1. The standard InChI is InChI=1S/C18H27FN2O2/c1-3-20-8-7-18-16(13-20)21(9-10-23-18)12-14-5-6-17(22-4-2)15(19)11-14/h5-6,11,16,18H,3-4,7-10,12-13H2,1-2H3/t16-,18+/m0/s1. The zero-order valence-corrected chi connectivity index (χ0v) is 14.1. The van der Waals surface area contributed by atoms with Crippen LogP contribution in [0.4, 0.5) is 4.39 Å². The fourth-order valence-corrected chi connectivity index (χ4v) is 3.64. The number of morpholine rings is 1. The van der Waals surface area contributed by atoms with Crippen molar-refractivity contribution < 1.29 is 13.9 Å². The van der Waals surface area contributed by atoms with Gasteiger partial charge in [0.05, 0.1) is 19.3 Å². The Balaban J connectivity index is 1.69. The maximum Gasteiger partial charge on any atom is 0.165 e. The first-order chi connectivity index (χ1) is 11.2. The number of likely N-dealkylation sites (tertiary alicyclic amines) is 1. The fourth-order valence-electron chi connectivity index (χ4n) is 3.64. The van der Waals surface area contributed by atoms with Crippen LogP contribution in [0.15, 0.2) is 18.2 Å². The topological polar surface area (TPSA) is 24.9 Å². The van der Waals surface area contributed by atoms with E-state index < -0.39 is 0 Å². The first-order valence-corrected chi connectivity index (χ1v) is 8.70. The van der Waals surface area contributed by atoms with Crippen molar-refractivity contribution in [3.05, 3.63) is 29.6 Å². The SMILES string of the molecule is CCOc1ccc(CN2CCO[C@@H]3CCN(CC)C[C@@H]32)cc1F. The fraction of sp³-hybridized carbons (Fsp3) is 0.667. The number of nitrogens with zero attached hydrogens (tertiary/aromatic N) is 2. The molecule has 2 saturated heterocycles. The molecule has 2 atom stereocenters. The van der Waals surface area contributed by atoms with Gasteiger partial charge < -0.3 is 14.4 Å². The summed E-state index contributed by atoms with van der Waals surface area (Å²) in [7, 11) is 0. The first kappa shape index (κ1) is 16.7. The van der Waals surface area contributed by atoms with Crippen molar-refractivity contribution in [2.24, 2.45) is 0 Å². The van der Waals surface area contributed by atoms with Crippen molar-refractivity contribution in [2.75, 3.05) is 39.4 Å². The van der Waals surface area contributed by atoms with Gasteiger partial charge in [0.1, 0.15) is 0 Å². The van der Waals surface area contributed by atoms with E-state index in [-0.39, 0.29) is 5.82 Å². The average Bonchev–Trinajstić information content (AvgIpc) is 2.57. The molecule has 4 nitrogen and oxygen atoms in total. The molecule has 0 saturated carbocycles. The Morgan fingerprint density at radius 1 is 1.30 bits per heavy atom. The highest BCUT2D eigenvalue weighted by atomic mass is 19.1. The summed E-state index contributed by atoms with van der Waals surface area (Å²) >= 11 is 0. The lowest BCUT2D eigenvalue weighted by Crippen LogP contribution is -2.59. The molecule has 3 rings (SSSR count). The summed E-state index contributed by atoms with van der Waals surface area (Å²) < 4.78 is 25.3. The van der Waals surface area contributed by atoms with E-state index in [1.165, 1.54) is 0 Å². The van der Waals surface area contributed by atoms with Crippen LogP contribution in [0, 0.1) is 5.82 Å². The van der Waals surface area contributed by atoms with Gasteiger partial charge in [-0.25, -0.2) is 4.39 Å². The highest BCUT2D eigenvalue weighted by molar-refractivity contribution is 5.29. The predicted molar refractivity (Wildman–Crippen MR) is 88.2 cm³/mol. The predicted octanol–water partition coefficient (Wildman–Crippen LogP) is 2.52. The first-order valence-electron chi connectivity index (χ1n) is 8.70. The van der Waals surface area contributed by atoms with E-state index in [0.29, 0.717) is 24.5 Å². The van der Waals surface area contributed by atoms with Gasteiger partial charge in [-0.05, 0) is 37.6 Å². The Bertz CT molecular complexity index is 526. The summed E-state index contributed by atoms with van der Waals surface area (Å²) in [5, 5.41) is 0. The Kier molecular flexibility index (Phi) is 5.51. The lowest BCUT2D eigenvalue weighted by atomic mass is 9.98. The van der Waals surface area contributed by atoms with Crippen LogP contribution in [0.25, 0.3) is 0 Å². The van der Waals surface area contributed by atoms with E-state index in [4.69, 9.17) is 9.47 Å². The van der Waals surface area contributed by atoms with E-state index in [9.17, 15) is 4.39 Å². The number of fused-ring (bicyclic) bond motifs is 1. The number of benzene rings is 1. The van der Waals surface area contributed by atoms with Crippen LogP contribution in [0.2, 0.25) is 0 Å². The zero-order chi connectivity index (χ0) is 16.2. The number of ether oxygens (including phenoxy) is 2. The summed E-state index contributed by atoms with van der Waals surface area (Å²) in [4.78, 5) is 4.92. The molecule has 0 aromatic heterocycles. The van der Waals surface area contributed by atoms with Crippen molar-refractivity contribution in [3.8, 4) is 5.75 Å². The second kappa shape index (κ2) is 7.60. The minimum Gasteiger partial charge on any atom is -0.491 e. The van der Waals surface area contributed by atoms with Crippen LogP contribution < -0.4 is 4.74 Å². The van der Waals surface area contributed by atoms with Gasteiger partial charge >= 0.3 is 0 Å². The monoisotopic (exact) mass is 322 g/mol. The molecule has 2 aliphatic rings. The van der Waals surface area contributed by atoms with Crippen molar-refractivity contribution in [1.29, 1.82) is 0 Å². The van der Waals surface area contributed by atoms with E-state index >= 15 is 0 Å². The van der Waals surface area contributed by atoms with Crippen LogP contribution >= 0.6 is 0 Å². The number of rotatable bonds is 5. The number of halogens is 1. The third kappa shape index (κ3) is 3.84. The van der Waals surface area contributed by atoms with Gasteiger partial charge in [-0.2, -0.15) is 0 Å². The van der Waals surface area contributed by atoms with Crippen LogP contribution in [-0.4, -0.2) is 61.3 Å². The van der Waals surface area contributed by atoms with Gasteiger partial charge in [-0.15, -0.1) is 0 Å². The van der Waals surface area contributed by atoms with Crippen molar-refractivity contribution in [2.45, 2.75) is 39.0 Å². The second-order valence-electron chi connectivity index (χ2n) is 6.33. The normalized spacial score (nSPS) is 26.0. The molecule has 23 heavy (non-hydrogen) atoms. The smallest absolute Gasteiger partial charge is 0.165 e. The molecule has 1 aromatic rings. The zero-order valence-electron chi connectivity index (χ0n) is 14.1. The molecular formula is C18H27FN2O2. The molecule has 128 valence electrons. The van der Waals surface area contributed by atoms with E-state index in [1.807, 2.05) is 13.0 Å². The largest absolute Gasteiger partial charge is 0.491 e. The Labute approximate surface area is 138 Å². The van der Waals surface area contributed by atoms with E-state index in [0.717, 1.165) is 51.3 Å². The Morgan fingerprint density at radius 2 is 2.17 bits per heavy atom. The minimum absolute atomic E-state index is 0.270. The average molecular weight is 322 g/mol. The minimum atomic E-state index is -0.270. The number of hydrogen-bond acceptors (Lipinski definition) is 4. The Morgan fingerprint density at radius 3 is 2.91 bits per heavy atom. The summed E-state index contributed by atoms with van der Waals surface area (Å²) in [6.07, 6.45) is 1.41. The summed E-state index contributed by atoms with van der Waals surface area (Å²) in [5.41, 5.74) is 1.00. The van der Waals surface area contributed by atoms with Crippen LogP contribution in [0.5, 0.6) is 5.75 Å². The molecule has 0 unspecified atom stereocenters. The molecule has 5 heteroatoms. The molecule has 0 radical (unpaired) electrons. The van der Waals surface area contributed by atoms with Crippen LogP contribution in [0.3, 0.4) is 0 Å². The van der Waals surface area contributed by atoms with Gasteiger partial charge in [0.2, 0.25) is 0 Å². The van der Waals surface area contributed by atoms with Crippen LogP contribution in [-0.2, 0) is 11.3 Å². The highest BCUT2D eigenvalue weighted by Crippen LogP contribution is 2.26. The molecule has 2 aliphatic heterocycles. The molecule has 0 bridgehead atoms. The highest BCUT2D eigenvalue weighted by Gasteiger charge is 2.36. The van der Waals surface area contributed by atoms with Gasteiger partial charge in [0.15, 0.2) is 11.6 Å². The van der Waals surface area contributed by atoms with Gasteiger partial charge in [-0.1, -0.05) is 13.0 Å². The summed E-state index contributed by atoms with van der Waals surface area (Å²) in [6.45, 7) is 10.2. The molecule has 1 aromatic carbocycles. The van der Waals surface area contributed by atoms with Crippen molar-refractivity contribution in [3.63, 3.8) is 0 Å². The van der Waals surface area contributed by atoms with Crippen molar-refractivity contribution >= 4 is 0 Å². The third-order valence-corrected chi connectivity index (χ3v) is 4.91. The number of hydrogen-bond donors (Lipinski definition) is 0. The van der Waals surface area contributed by atoms with Gasteiger partial charge in [-0.3, -0.25) is 4.90 Å². The number of piperidine rings is 1. The quantitative estimate of drug-likeness (QED) is 0.832. The summed E-state index contributed by atoms with van der Waals surface area (Å²) in [5.74, 6) is 0.0684. The lowest BCUT2D eigenvalue weighted by Gasteiger charge is -2.47. The number of likely N-dealkylation sites (N-methyl/N-ethyl adjacent to an activating group) is 1.